The van der Waals surface area contributed by atoms with Crippen LogP contribution in [0.5, 0.6) is 0 Å². The van der Waals surface area contributed by atoms with E-state index in [2.05, 4.69) is 20.5 Å². The van der Waals surface area contributed by atoms with E-state index in [0.717, 1.165) is 5.69 Å². The van der Waals surface area contributed by atoms with Gasteiger partial charge < -0.3 is 5.32 Å². The van der Waals surface area contributed by atoms with Gasteiger partial charge in [0.05, 0.1) is 11.8 Å². The third-order valence-corrected chi connectivity index (χ3v) is 6.34. The highest BCUT2D eigenvalue weighted by atomic mass is 32.2. The third-order valence-electron chi connectivity index (χ3n) is 5.07. The number of carbonyl (C=O) groups is 1. The lowest BCUT2D eigenvalue weighted by molar-refractivity contribution is 0.0953. The van der Waals surface area contributed by atoms with Crippen LogP contribution in [-0.4, -0.2) is 64.1 Å². The fourth-order valence-corrected chi connectivity index (χ4v) is 4.40. The molecule has 1 aliphatic rings. The molecule has 29 heavy (non-hydrogen) atoms. The number of rotatable bonds is 6. The van der Waals surface area contributed by atoms with E-state index in [1.54, 1.807) is 28.9 Å². The Bertz CT molecular complexity index is 1130. The summed E-state index contributed by atoms with van der Waals surface area (Å²) in [4.78, 5) is 16.8. The standard InChI is InChI=1S/C19H22N6O3S/c1-29(27,28)24-11-8-14(12-24)18-23-22-17-6-5-15(13-25(17)18)19(26)21-10-7-16-4-2-3-9-20-16/h2-6,9,13-14H,7-8,10-12H2,1H3,(H,21,26)/t14-/m0/s1. The van der Waals surface area contributed by atoms with E-state index in [4.69, 9.17) is 0 Å². The first-order valence-electron chi connectivity index (χ1n) is 9.40. The van der Waals surface area contributed by atoms with Gasteiger partial charge >= 0.3 is 0 Å². The summed E-state index contributed by atoms with van der Waals surface area (Å²) in [7, 11) is -3.23. The van der Waals surface area contributed by atoms with Crippen molar-refractivity contribution in [1.82, 2.24) is 29.2 Å². The van der Waals surface area contributed by atoms with Crippen molar-refractivity contribution in [2.45, 2.75) is 18.8 Å². The number of carbonyl (C=O) groups excluding carboxylic acids is 1. The Morgan fingerprint density at radius 3 is 2.83 bits per heavy atom. The Kier molecular flexibility index (Phi) is 5.29. The van der Waals surface area contributed by atoms with Crippen LogP contribution in [0.3, 0.4) is 0 Å². The van der Waals surface area contributed by atoms with Gasteiger partial charge in [0.15, 0.2) is 5.65 Å². The number of aromatic nitrogens is 4. The van der Waals surface area contributed by atoms with Crippen LogP contribution in [0.15, 0.2) is 42.7 Å². The van der Waals surface area contributed by atoms with Crippen LogP contribution in [0.2, 0.25) is 0 Å². The molecule has 1 aliphatic heterocycles. The normalized spacial score (nSPS) is 17.6. The van der Waals surface area contributed by atoms with Gasteiger partial charge in [-0.15, -0.1) is 10.2 Å². The fourth-order valence-electron chi connectivity index (χ4n) is 3.51. The average Bonchev–Trinajstić information content (AvgIpc) is 3.35. The molecular formula is C19H22N6O3S. The fraction of sp³-hybridized carbons (Fsp3) is 0.368. The van der Waals surface area contributed by atoms with Crippen molar-refractivity contribution in [2.24, 2.45) is 0 Å². The number of nitrogens with one attached hydrogen (secondary N) is 1. The van der Waals surface area contributed by atoms with Crippen LogP contribution in [0.25, 0.3) is 5.65 Å². The van der Waals surface area contributed by atoms with E-state index in [9.17, 15) is 13.2 Å². The second kappa shape index (κ2) is 7.88. The first kappa shape index (κ1) is 19.5. The van der Waals surface area contributed by atoms with Crippen molar-refractivity contribution in [3.8, 4) is 0 Å². The van der Waals surface area contributed by atoms with Crippen molar-refractivity contribution in [1.29, 1.82) is 0 Å². The molecule has 152 valence electrons. The first-order chi connectivity index (χ1) is 13.9. The lowest BCUT2D eigenvalue weighted by Gasteiger charge is -2.12. The number of hydrogen-bond donors (Lipinski definition) is 1. The molecule has 0 spiro atoms. The Morgan fingerprint density at radius 2 is 2.10 bits per heavy atom. The van der Waals surface area contributed by atoms with Gasteiger partial charge in [-0.25, -0.2) is 12.7 Å². The zero-order valence-corrected chi connectivity index (χ0v) is 16.8. The number of fused-ring (bicyclic) bond motifs is 1. The van der Waals surface area contributed by atoms with Gasteiger partial charge in [0.25, 0.3) is 5.91 Å². The number of pyridine rings is 2. The van der Waals surface area contributed by atoms with E-state index in [-0.39, 0.29) is 11.8 Å². The van der Waals surface area contributed by atoms with Crippen LogP contribution < -0.4 is 5.32 Å². The van der Waals surface area contributed by atoms with E-state index < -0.39 is 10.0 Å². The summed E-state index contributed by atoms with van der Waals surface area (Å²) in [5.41, 5.74) is 2.04. The topological polar surface area (TPSA) is 110 Å². The first-order valence-corrected chi connectivity index (χ1v) is 11.2. The summed E-state index contributed by atoms with van der Waals surface area (Å²) < 4.78 is 26.8. The van der Waals surface area contributed by atoms with E-state index >= 15 is 0 Å². The Balaban J connectivity index is 1.47. The molecule has 0 aliphatic carbocycles. The van der Waals surface area contributed by atoms with Gasteiger partial charge in [-0.05, 0) is 30.7 Å². The Hall–Kier alpha value is -2.85. The van der Waals surface area contributed by atoms with Crippen LogP contribution >= 0.6 is 0 Å². The Labute approximate surface area is 168 Å². The molecule has 3 aromatic rings. The maximum Gasteiger partial charge on any atom is 0.252 e. The molecule has 1 amide bonds. The molecule has 10 heteroatoms. The predicted octanol–water partition coefficient (Wildman–Crippen LogP) is 0.846. The molecular weight excluding hydrogens is 392 g/mol. The van der Waals surface area contributed by atoms with Crippen LogP contribution in [0.1, 0.15) is 34.2 Å². The number of sulfonamides is 1. The SMILES string of the molecule is CS(=O)(=O)N1CC[C@H](c2nnc3ccc(C(=O)NCCc4ccccn4)cn23)C1. The molecule has 1 atom stereocenters. The quantitative estimate of drug-likeness (QED) is 0.640. The lowest BCUT2D eigenvalue weighted by atomic mass is 10.1. The van der Waals surface area contributed by atoms with Crippen LogP contribution in [-0.2, 0) is 16.4 Å². The second-order valence-corrected chi connectivity index (χ2v) is 9.12. The third kappa shape index (κ3) is 4.28. The van der Waals surface area contributed by atoms with Gasteiger partial charge in [-0.3, -0.25) is 14.2 Å². The predicted molar refractivity (Wildman–Crippen MR) is 107 cm³/mol. The lowest BCUT2D eigenvalue weighted by Crippen LogP contribution is -2.27. The smallest absolute Gasteiger partial charge is 0.252 e. The molecule has 0 bridgehead atoms. The summed E-state index contributed by atoms with van der Waals surface area (Å²) in [6.07, 6.45) is 5.98. The molecule has 0 radical (unpaired) electrons. The number of amides is 1. The van der Waals surface area contributed by atoms with Crippen molar-refractivity contribution in [3.63, 3.8) is 0 Å². The molecule has 1 N–H and O–H groups in total. The number of nitrogens with zero attached hydrogens (tertiary/aromatic N) is 5. The van der Waals surface area contributed by atoms with Crippen LogP contribution in [0.4, 0.5) is 0 Å². The van der Waals surface area contributed by atoms with E-state index in [1.807, 2.05) is 18.2 Å². The molecule has 1 fully saturated rings. The minimum Gasteiger partial charge on any atom is -0.352 e. The van der Waals surface area contributed by atoms with E-state index in [1.165, 1.54) is 10.6 Å². The largest absolute Gasteiger partial charge is 0.352 e. The summed E-state index contributed by atoms with van der Waals surface area (Å²) in [6.45, 7) is 1.32. The molecule has 0 saturated carbocycles. The highest BCUT2D eigenvalue weighted by Crippen LogP contribution is 2.27. The van der Waals surface area contributed by atoms with E-state index in [0.29, 0.717) is 49.5 Å². The van der Waals surface area contributed by atoms with Crippen molar-refractivity contribution in [2.75, 3.05) is 25.9 Å². The monoisotopic (exact) mass is 414 g/mol. The summed E-state index contributed by atoms with van der Waals surface area (Å²) in [5, 5.41) is 11.3. The minimum atomic E-state index is -3.23. The maximum atomic E-state index is 12.5. The second-order valence-electron chi connectivity index (χ2n) is 7.14. The van der Waals surface area contributed by atoms with Gasteiger partial charge in [0.2, 0.25) is 10.0 Å². The molecule has 4 heterocycles. The molecule has 1 saturated heterocycles. The van der Waals surface area contributed by atoms with Crippen LogP contribution in [0, 0.1) is 0 Å². The van der Waals surface area contributed by atoms with Crippen molar-refractivity contribution >= 4 is 21.6 Å². The Morgan fingerprint density at radius 1 is 1.24 bits per heavy atom. The number of hydrogen-bond acceptors (Lipinski definition) is 6. The molecule has 0 aromatic carbocycles. The highest BCUT2D eigenvalue weighted by Gasteiger charge is 2.32. The van der Waals surface area contributed by atoms with Gasteiger partial charge in [-0.2, -0.15) is 0 Å². The zero-order chi connectivity index (χ0) is 20.4. The zero-order valence-electron chi connectivity index (χ0n) is 16.0. The van der Waals surface area contributed by atoms with Gasteiger partial charge in [0.1, 0.15) is 5.82 Å². The molecule has 9 nitrogen and oxygen atoms in total. The van der Waals surface area contributed by atoms with Gasteiger partial charge in [0, 0.05) is 50.1 Å². The summed E-state index contributed by atoms with van der Waals surface area (Å²) in [6, 6.07) is 9.14. The maximum absolute atomic E-state index is 12.5. The molecule has 0 unspecified atom stereocenters. The van der Waals surface area contributed by atoms with Gasteiger partial charge in [-0.1, -0.05) is 6.07 Å². The summed E-state index contributed by atoms with van der Waals surface area (Å²) >= 11 is 0. The average molecular weight is 414 g/mol. The van der Waals surface area contributed by atoms with Crippen molar-refractivity contribution < 1.29 is 13.2 Å². The summed E-state index contributed by atoms with van der Waals surface area (Å²) in [5.74, 6) is 0.433. The minimum absolute atomic E-state index is 0.0535. The highest BCUT2D eigenvalue weighted by molar-refractivity contribution is 7.88. The van der Waals surface area contributed by atoms with Crippen molar-refractivity contribution in [3.05, 3.63) is 59.8 Å². The molecule has 4 rings (SSSR count). The molecule has 3 aromatic heterocycles.